The quantitative estimate of drug-likeness (QED) is 0.0701. The number of amides is 4. The SMILES string of the molecule is NCCOCCOCCN1C(=O)c2ccc3c4ccc5c6c(ccc(c7ccc(c2c37)C1=O)c64)C(=O)N(CCOCCOCCN)C5=O. The van der Waals surface area contributed by atoms with Crippen LogP contribution >= 0.6 is 0 Å². The first kappa shape index (κ1) is 32.0. The van der Waals surface area contributed by atoms with E-state index in [1.807, 2.05) is 24.3 Å². The first-order valence-electron chi connectivity index (χ1n) is 16.1. The second kappa shape index (κ2) is 13.5. The zero-order valence-corrected chi connectivity index (χ0v) is 26.4. The molecule has 0 unspecified atom stereocenters. The minimum absolute atomic E-state index is 0.112. The zero-order chi connectivity index (χ0) is 33.4. The molecule has 2 aliphatic rings. The van der Waals surface area contributed by atoms with Crippen LogP contribution in [0.3, 0.4) is 0 Å². The summed E-state index contributed by atoms with van der Waals surface area (Å²) in [5.41, 5.74) is 12.6. The van der Waals surface area contributed by atoms with Crippen LogP contribution in [-0.2, 0) is 18.9 Å². The van der Waals surface area contributed by atoms with Gasteiger partial charge >= 0.3 is 0 Å². The highest BCUT2D eigenvalue weighted by Gasteiger charge is 2.36. The van der Waals surface area contributed by atoms with E-state index in [2.05, 4.69) is 0 Å². The maximum Gasteiger partial charge on any atom is 0.261 e. The average molecular weight is 653 g/mol. The second-order valence-electron chi connectivity index (χ2n) is 11.7. The predicted octanol–water partition coefficient (Wildman–Crippen LogP) is 2.91. The summed E-state index contributed by atoms with van der Waals surface area (Å²) in [5, 5.41) is 6.18. The third kappa shape index (κ3) is 5.27. The summed E-state index contributed by atoms with van der Waals surface area (Å²) in [6.07, 6.45) is 0. The van der Waals surface area contributed by atoms with Crippen molar-refractivity contribution in [3.8, 4) is 0 Å². The number of carbonyl (C=O) groups is 4. The molecule has 2 heterocycles. The molecule has 2 aliphatic heterocycles. The second-order valence-corrected chi connectivity index (χ2v) is 11.7. The maximum atomic E-state index is 13.7. The largest absolute Gasteiger partial charge is 0.378 e. The van der Waals surface area contributed by atoms with Gasteiger partial charge < -0.3 is 30.4 Å². The Hall–Kier alpha value is -4.56. The molecule has 0 aliphatic carbocycles. The molecule has 0 atom stereocenters. The van der Waals surface area contributed by atoms with Gasteiger partial charge in [0.1, 0.15) is 0 Å². The van der Waals surface area contributed by atoms with Gasteiger partial charge in [-0.2, -0.15) is 0 Å². The Morgan fingerprint density at radius 3 is 0.979 bits per heavy atom. The molecule has 7 rings (SSSR count). The third-order valence-corrected chi connectivity index (χ3v) is 8.99. The highest BCUT2D eigenvalue weighted by molar-refractivity contribution is 6.41. The van der Waals surface area contributed by atoms with Gasteiger partial charge in [0.25, 0.3) is 23.6 Å². The number of nitrogens with two attached hydrogens (primary N) is 2. The fourth-order valence-electron chi connectivity index (χ4n) is 6.90. The van der Waals surface area contributed by atoms with Gasteiger partial charge in [-0.3, -0.25) is 29.0 Å². The molecule has 12 heteroatoms. The normalized spacial score (nSPS) is 14.6. The first-order valence-corrected chi connectivity index (χ1v) is 16.1. The number of hydrogen-bond acceptors (Lipinski definition) is 10. The fourth-order valence-corrected chi connectivity index (χ4v) is 6.90. The first-order chi connectivity index (χ1) is 23.5. The molecule has 12 nitrogen and oxygen atoms in total. The van der Waals surface area contributed by atoms with Crippen molar-refractivity contribution in [1.82, 2.24) is 9.80 Å². The van der Waals surface area contributed by atoms with E-state index in [1.54, 1.807) is 24.3 Å². The Bertz CT molecular complexity index is 1810. The number of fused-ring (bicyclic) bond motifs is 2. The summed E-state index contributed by atoms with van der Waals surface area (Å²) < 4.78 is 21.8. The Balaban J connectivity index is 1.22. The van der Waals surface area contributed by atoms with Crippen molar-refractivity contribution in [1.29, 1.82) is 0 Å². The molecule has 0 fully saturated rings. The number of rotatable bonds is 16. The summed E-state index contributed by atoms with van der Waals surface area (Å²) >= 11 is 0. The van der Waals surface area contributed by atoms with Crippen LogP contribution in [0.5, 0.6) is 0 Å². The standard InChI is InChI=1S/C36H36N4O8/c37-9-13-45-17-19-47-15-11-39-33(41)25-5-1-21-22-2-6-27-32-28(36(44)40(35(27)43)12-16-48-20-18-46-14-10-38)8-4-24(30(22)32)23-3-7-26(34(39)42)31(25)29(21)23/h1-8H,9-20,37-38H2. The lowest BCUT2D eigenvalue weighted by molar-refractivity contribution is 0.0348. The molecule has 5 aromatic carbocycles. The molecule has 5 aromatic rings. The van der Waals surface area contributed by atoms with E-state index in [4.69, 9.17) is 30.4 Å². The monoisotopic (exact) mass is 652 g/mol. The van der Waals surface area contributed by atoms with E-state index >= 15 is 0 Å². The van der Waals surface area contributed by atoms with Crippen LogP contribution < -0.4 is 11.5 Å². The third-order valence-electron chi connectivity index (χ3n) is 8.99. The summed E-state index contributed by atoms with van der Waals surface area (Å²) in [6, 6.07) is 14.6. The van der Waals surface area contributed by atoms with Crippen LogP contribution in [0.15, 0.2) is 48.5 Å². The summed E-state index contributed by atoms with van der Waals surface area (Å²) in [7, 11) is 0. The van der Waals surface area contributed by atoms with E-state index in [0.29, 0.717) is 85.8 Å². The summed E-state index contributed by atoms with van der Waals surface area (Å²) in [6.45, 7) is 3.76. The van der Waals surface area contributed by atoms with Gasteiger partial charge in [-0.1, -0.05) is 24.3 Å². The summed E-state index contributed by atoms with van der Waals surface area (Å²) in [4.78, 5) is 57.2. The Morgan fingerprint density at radius 1 is 0.396 bits per heavy atom. The minimum Gasteiger partial charge on any atom is -0.378 e. The molecule has 0 saturated heterocycles. The molecular weight excluding hydrogens is 616 g/mol. The molecule has 48 heavy (non-hydrogen) atoms. The molecule has 4 N–H and O–H groups in total. The van der Waals surface area contributed by atoms with Gasteiger partial charge in [0.2, 0.25) is 0 Å². The smallest absolute Gasteiger partial charge is 0.261 e. The Morgan fingerprint density at radius 2 is 0.688 bits per heavy atom. The van der Waals surface area contributed by atoms with E-state index in [9.17, 15) is 19.2 Å². The predicted molar refractivity (Wildman–Crippen MR) is 180 cm³/mol. The number of imide groups is 2. The van der Waals surface area contributed by atoms with Crippen LogP contribution in [0.4, 0.5) is 0 Å². The highest BCUT2D eigenvalue weighted by Crippen LogP contribution is 2.46. The van der Waals surface area contributed by atoms with E-state index < -0.39 is 0 Å². The van der Waals surface area contributed by atoms with E-state index in [1.165, 1.54) is 9.80 Å². The lowest BCUT2D eigenvalue weighted by Gasteiger charge is -2.30. The maximum absolute atomic E-state index is 13.7. The van der Waals surface area contributed by atoms with Crippen molar-refractivity contribution in [3.05, 3.63) is 70.8 Å². The van der Waals surface area contributed by atoms with Gasteiger partial charge in [0.05, 0.1) is 65.9 Å². The van der Waals surface area contributed by atoms with Crippen molar-refractivity contribution in [2.24, 2.45) is 11.5 Å². The van der Waals surface area contributed by atoms with Gasteiger partial charge in [0.15, 0.2) is 0 Å². The van der Waals surface area contributed by atoms with Crippen LogP contribution in [0, 0.1) is 0 Å². The molecule has 248 valence electrons. The average Bonchev–Trinajstić information content (AvgIpc) is 3.10. The van der Waals surface area contributed by atoms with Crippen molar-refractivity contribution in [2.75, 3.05) is 79.0 Å². The number of ether oxygens (including phenoxy) is 4. The van der Waals surface area contributed by atoms with Crippen molar-refractivity contribution < 1.29 is 38.1 Å². The van der Waals surface area contributed by atoms with Crippen LogP contribution in [0.1, 0.15) is 41.4 Å². The van der Waals surface area contributed by atoms with Gasteiger partial charge in [-0.25, -0.2) is 0 Å². The molecule has 0 saturated carbocycles. The van der Waals surface area contributed by atoms with Gasteiger partial charge in [-0.05, 0) is 56.6 Å². The van der Waals surface area contributed by atoms with Crippen molar-refractivity contribution >= 4 is 66.7 Å². The number of nitrogens with zero attached hydrogens (tertiary/aromatic N) is 2. The van der Waals surface area contributed by atoms with Crippen molar-refractivity contribution in [3.63, 3.8) is 0 Å². The van der Waals surface area contributed by atoms with Crippen LogP contribution in [-0.4, -0.2) is 112 Å². The number of carbonyl (C=O) groups excluding carboxylic acids is 4. The highest BCUT2D eigenvalue weighted by atomic mass is 16.5. The minimum atomic E-state index is -0.376. The fraction of sp³-hybridized carbons (Fsp3) is 0.333. The number of benzene rings is 5. The molecule has 0 spiro atoms. The zero-order valence-electron chi connectivity index (χ0n) is 26.4. The molecular formula is C36H36N4O8. The molecule has 0 bridgehead atoms. The van der Waals surface area contributed by atoms with Gasteiger partial charge in [-0.15, -0.1) is 0 Å². The Labute approximate surface area is 275 Å². The van der Waals surface area contributed by atoms with Crippen molar-refractivity contribution in [2.45, 2.75) is 0 Å². The lowest BCUT2D eigenvalue weighted by atomic mass is 9.82. The summed E-state index contributed by atoms with van der Waals surface area (Å²) in [5.74, 6) is -1.51. The molecule has 4 amide bonds. The van der Waals surface area contributed by atoms with E-state index in [0.717, 1.165) is 32.3 Å². The molecule has 0 aromatic heterocycles. The topological polar surface area (TPSA) is 164 Å². The van der Waals surface area contributed by atoms with Crippen LogP contribution in [0.25, 0.3) is 43.1 Å². The van der Waals surface area contributed by atoms with E-state index in [-0.39, 0.29) is 49.9 Å². The lowest BCUT2D eigenvalue weighted by Crippen LogP contribution is -2.42. The Kier molecular flexibility index (Phi) is 9.01. The van der Waals surface area contributed by atoms with Gasteiger partial charge in [0, 0.05) is 46.1 Å². The number of hydrogen-bond donors (Lipinski definition) is 2. The van der Waals surface area contributed by atoms with Crippen LogP contribution in [0.2, 0.25) is 0 Å². The molecule has 0 radical (unpaired) electrons.